The van der Waals surface area contributed by atoms with Crippen LogP contribution in [0.4, 0.5) is 0 Å². The minimum absolute atomic E-state index is 0.120. The van der Waals surface area contributed by atoms with Gasteiger partial charge in [0, 0.05) is 23.0 Å². The lowest BCUT2D eigenvalue weighted by Gasteiger charge is -2.23. The zero-order valence-corrected chi connectivity index (χ0v) is 27.9. The molecular formula is C35H48O3S2. The van der Waals surface area contributed by atoms with Crippen molar-refractivity contribution in [3.05, 3.63) is 85.5 Å². The van der Waals surface area contributed by atoms with Gasteiger partial charge in [0.25, 0.3) is 0 Å². The number of hydrogen-bond acceptors (Lipinski definition) is 5. The first-order valence-corrected chi connectivity index (χ1v) is 16.4. The molecule has 3 aromatic carbocycles. The van der Waals surface area contributed by atoms with Crippen LogP contribution >= 0.6 is 23.5 Å². The molecule has 3 rings (SSSR count). The number of aryl methyl sites for hydroxylation is 2. The van der Waals surface area contributed by atoms with Crippen molar-refractivity contribution in [2.24, 2.45) is 0 Å². The Bertz CT molecular complexity index is 1290. The van der Waals surface area contributed by atoms with E-state index >= 15 is 0 Å². The van der Waals surface area contributed by atoms with Crippen molar-refractivity contribution in [2.45, 2.75) is 110 Å². The maximum atomic E-state index is 11.0. The first-order valence-electron chi connectivity index (χ1n) is 14.0. The molecule has 0 heterocycles. The number of phenols is 3. The molecule has 0 aromatic heterocycles. The third-order valence-corrected chi connectivity index (χ3v) is 9.95. The molecular weight excluding hydrogens is 533 g/mol. The predicted molar refractivity (Wildman–Crippen MR) is 175 cm³/mol. The Hall–Kier alpha value is -2.24. The summed E-state index contributed by atoms with van der Waals surface area (Å²) < 4.78 is 0. The van der Waals surface area contributed by atoms with Crippen molar-refractivity contribution in [2.75, 3.05) is 0 Å². The summed E-state index contributed by atoms with van der Waals surface area (Å²) >= 11 is 3.70. The molecule has 0 amide bonds. The molecule has 0 aliphatic rings. The summed E-state index contributed by atoms with van der Waals surface area (Å²) in [5.41, 5.74) is 11.6. The van der Waals surface area contributed by atoms with E-state index < -0.39 is 0 Å². The third-order valence-electron chi connectivity index (χ3n) is 7.89. The highest BCUT2D eigenvalue weighted by Gasteiger charge is 2.22. The maximum absolute atomic E-state index is 11.0. The monoisotopic (exact) mass is 580 g/mol. The Morgan fingerprint density at radius 1 is 0.500 bits per heavy atom. The van der Waals surface area contributed by atoms with Crippen LogP contribution in [0.2, 0.25) is 0 Å². The average molecular weight is 581 g/mol. The van der Waals surface area contributed by atoms with Gasteiger partial charge in [0.2, 0.25) is 0 Å². The molecule has 0 fully saturated rings. The second kappa shape index (κ2) is 12.3. The third kappa shape index (κ3) is 7.15. The number of thioether (sulfide) groups is 2. The molecule has 0 aliphatic carbocycles. The van der Waals surface area contributed by atoms with Crippen molar-refractivity contribution < 1.29 is 15.3 Å². The van der Waals surface area contributed by atoms with Crippen LogP contribution in [0.1, 0.15) is 103 Å². The van der Waals surface area contributed by atoms with Gasteiger partial charge in [-0.15, -0.1) is 0 Å². The van der Waals surface area contributed by atoms with Gasteiger partial charge in [0.15, 0.2) is 0 Å². The van der Waals surface area contributed by atoms with E-state index in [1.54, 1.807) is 0 Å². The summed E-state index contributed by atoms with van der Waals surface area (Å²) in [5.74, 6) is 4.53. The van der Waals surface area contributed by atoms with Gasteiger partial charge in [-0.3, -0.25) is 0 Å². The van der Waals surface area contributed by atoms with E-state index in [1.165, 1.54) is 27.8 Å². The number of phenolic OH excluding ortho intramolecular Hbond substituents is 3. The highest BCUT2D eigenvalue weighted by Crippen LogP contribution is 2.39. The van der Waals surface area contributed by atoms with Gasteiger partial charge in [-0.05, 0) is 107 Å². The highest BCUT2D eigenvalue weighted by atomic mass is 32.2. The summed E-state index contributed by atoms with van der Waals surface area (Å²) in [7, 11) is 0. The molecule has 218 valence electrons. The minimum atomic E-state index is -0.120. The lowest BCUT2D eigenvalue weighted by Crippen LogP contribution is -2.12. The molecule has 0 radical (unpaired) electrons. The molecule has 3 nitrogen and oxygen atoms in total. The molecule has 5 heteroatoms. The molecule has 0 spiro atoms. The molecule has 3 N–H and O–H groups in total. The number of hydrogen-bond donors (Lipinski definition) is 3. The molecule has 0 aliphatic heterocycles. The van der Waals surface area contributed by atoms with Crippen LogP contribution in [0.15, 0.2) is 24.3 Å². The van der Waals surface area contributed by atoms with Crippen molar-refractivity contribution in [3.8, 4) is 17.2 Å². The fourth-order valence-electron chi connectivity index (χ4n) is 5.31. The Balaban J connectivity index is 1.78. The fraction of sp³-hybridized carbons (Fsp3) is 0.486. The minimum Gasteiger partial charge on any atom is -0.507 e. The molecule has 40 heavy (non-hydrogen) atoms. The van der Waals surface area contributed by atoms with E-state index in [-0.39, 0.29) is 10.8 Å². The van der Waals surface area contributed by atoms with E-state index in [9.17, 15) is 15.3 Å². The standard InChI is InChI=1S/C35H48O3S2/c1-20-12-25(14-29(31(20)36)34(6,7)8)16-39-18-27-22(3)28(24(5)33(38)23(27)4)19-40-17-26-13-21(2)32(37)30(15-26)35(9,10)11/h12-15,36-38H,16-19H2,1-11H3. The molecule has 0 atom stereocenters. The zero-order chi connectivity index (χ0) is 30.2. The van der Waals surface area contributed by atoms with E-state index in [0.29, 0.717) is 17.2 Å². The van der Waals surface area contributed by atoms with Gasteiger partial charge in [-0.1, -0.05) is 65.8 Å². The number of rotatable bonds is 8. The van der Waals surface area contributed by atoms with Crippen LogP contribution in [0.5, 0.6) is 17.2 Å². The van der Waals surface area contributed by atoms with Crippen LogP contribution in [-0.4, -0.2) is 15.3 Å². The SMILES string of the molecule is Cc1cc(CSCc2c(C)c(O)c(C)c(CSCc3cc(C)c(O)c(C(C)(C)C)c3)c2C)cc(C(C)(C)C)c1O. The summed E-state index contributed by atoms with van der Waals surface area (Å²) in [6.45, 7) is 23.0. The van der Waals surface area contributed by atoms with Crippen LogP contribution < -0.4 is 0 Å². The lowest BCUT2D eigenvalue weighted by molar-refractivity contribution is 0.442. The van der Waals surface area contributed by atoms with Crippen molar-refractivity contribution in [3.63, 3.8) is 0 Å². The Kier molecular flexibility index (Phi) is 9.94. The smallest absolute Gasteiger partial charge is 0.122 e. The Morgan fingerprint density at radius 2 is 0.850 bits per heavy atom. The second-order valence-electron chi connectivity index (χ2n) is 13.3. The molecule has 0 unspecified atom stereocenters. The molecule has 0 saturated carbocycles. The van der Waals surface area contributed by atoms with Crippen molar-refractivity contribution >= 4 is 23.5 Å². The topological polar surface area (TPSA) is 60.7 Å². The molecule has 3 aromatic rings. The van der Waals surface area contributed by atoms with Gasteiger partial charge in [0.1, 0.15) is 17.2 Å². The normalized spacial score (nSPS) is 12.3. The molecule has 0 bridgehead atoms. The van der Waals surface area contributed by atoms with Crippen LogP contribution in [0.3, 0.4) is 0 Å². The Labute approximate surface area is 250 Å². The molecule has 0 saturated heterocycles. The predicted octanol–water partition coefficient (Wildman–Crippen LogP) is 9.81. The van der Waals surface area contributed by atoms with Crippen LogP contribution in [-0.2, 0) is 33.8 Å². The first kappa shape index (κ1) is 32.3. The Morgan fingerprint density at radius 3 is 1.18 bits per heavy atom. The summed E-state index contributed by atoms with van der Waals surface area (Å²) in [5, 5.41) is 32.2. The van der Waals surface area contributed by atoms with Gasteiger partial charge < -0.3 is 15.3 Å². The second-order valence-corrected chi connectivity index (χ2v) is 15.3. The van der Waals surface area contributed by atoms with Gasteiger partial charge in [-0.2, -0.15) is 23.5 Å². The highest BCUT2D eigenvalue weighted by molar-refractivity contribution is 7.98. The van der Waals surface area contributed by atoms with Crippen molar-refractivity contribution in [1.29, 1.82) is 0 Å². The lowest BCUT2D eigenvalue weighted by atomic mass is 9.84. The van der Waals surface area contributed by atoms with Gasteiger partial charge >= 0.3 is 0 Å². The van der Waals surface area contributed by atoms with E-state index in [1.807, 2.05) is 51.2 Å². The van der Waals surface area contributed by atoms with Crippen LogP contribution in [0, 0.1) is 34.6 Å². The van der Waals surface area contributed by atoms with Crippen molar-refractivity contribution in [1.82, 2.24) is 0 Å². The average Bonchev–Trinajstić information content (AvgIpc) is 2.84. The summed E-state index contributed by atoms with van der Waals surface area (Å²) in [4.78, 5) is 0. The van der Waals surface area contributed by atoms with Gasteiger partial charge in [0.05, 0.1) is 0 Å². The fourth-order valence-corrected chi connectivity index (χ4v) is 7.59. The van der Waals surface area contributed by atoms with E-state index in [2.05, 4.69) is 72.7 Å². The maximum Gasteiger partial charge on any atom is 0.122 e. The van der Waals surface area contributed by atoms with E-state index in [0.717, 1.165) is 56.4 Å². The first-order chi connectivity index (χ1) is 18.4. The van der Waals surface area contributed by atoms with Crippen LogP contribution in [0.25, 0.3) is 0 Å². The van der Waals surface area contributed by atoms with Gasteiger partial charge in [-0.25, -0.2) is 0 Å². The summed E-state index contributed by atoms with van der Waals surface area (Å²) in [6, 6.07) is 8.45. The quantitative estimate of drug-likeness (QED) is 0.247. The number of benzene rings is 3. The number of aromatic hydroxyl groups is 3. The largest absolute Gasteiger partial charge is 0.507 e. The van der Waals surface area contributed by atoms with E-state index in [4.69, 9.17) is 0 Å². The zero-order valence-electron chi connectivity index (χ0n) is 26.3. The summed E-state index contributed by atoms with van der Waals surface area (Å²) in [6.07, 6.45) is 0.